The van der Waals surface area contributed by atoms with Gasteiger partial charge in [-0.15, -0.1) is 0 Å². The van der Waals surface area contributed by atoms with E-state index in [1.165, 1.54) is 0 Å². The molecule has 0 saturated heterocycles. The van der Waals surface area contributed by atoms with Crippen LogP contribution in [0.2, 0.25) is 0 Å². The van der Waals surface area contributed by atoms with Gasteiger partial charge >= 0.3 is 0 Å². The Hall–Kier alpha value is -1.03. The fraction of sp³-hybridized carbons (Fsp3) is 0.533. The second kappa shape index (κ2) is 6.94. The molecule has 2 unspecified atom stereocenters. The third kappa shape index (κ3) is 3.50. The van der Waals surface area contributed by atoms with Crippen molar-refractivity contribution < 1.29 is 9.53 Å². The minimum absolute atomic E-state index is 0.0815. The van der Waals surface area contributed by atoms with E-state index in [0.717, 1.165) is 36.0 Å². The summed E-state index contributed by atoms with van der Waals surface area (Å²) in [5.74, 6) is 1.31. The lowest BCUT2D eigenvalue weighted by Crippen LogP contribution is -2.34. The molecule has 0 bridgehead atoms. The van der Waals surface area contributed by atoms with Crippen molar-refractivity contribution in [2.24, 2.45) is 5.92 Å². The van der Waals surface area contributed by atoms with E-state index in [1.807, 2.05) is 24.3 Å². The van der Waals surface area contributed by atoms with Crippen molar-refractivity contribution in [3.05, 3.63) is 29.8 Å². The molecule has 1 aromatic rings. The van der Waals surface area contributed by atoms with Crippen molar-refractivity contribution in [2.75, 3.05) is 18.5 Å². The summed E-state index contributed by atoms with van der Waals surface area (Å²) >= 11 is 3.45. The lowest BCUT2D eigenvalue weighted by Gasteiger charge is -2.16. The number of carbonyl (C=O) groups is 1. The van der Waals surface area contributed by atoms with Crippen molar-refractivity contribution in [2.45, 2.75) is 25.7 Å². The van der Waals surface area contributed by atoms with Crippen molar-refractivity contribution in [3.8, 4) is 5.75 Å². The maximum atomic E-state index is 12.2. The molecule has 4 heteroatoms. The van der Waals surface area contributed by atoms with Crippen LogP contribution >= 0.6 is 15.9 Å². The van der Waals surface area contributed by atoms with Crippen molar-refractivity contribution in [3.63, 3.8) is 0 Å². The van der Waals surface area contributed by atoms with E-state index in [4.69, 9.17) is 4.74 Å². The molecule has 19 heavy (non-hydrogen) atoms. The third-order valence-electron chi connectivity index (χ3n) is 3.68. The van der Waals surface area contributed by atoms with Crippen LogP contribution in [0.25, 0.3) is 0 Å². The van der Waals surface area contributed by atoms with E-state index in [2.05, 4.69) is 28.2 Å². The Morgan fingerprint density at radius 1 is 1.53 bits per heavy atom. The molecular weight excluding hydrogens is 306 g/mol. The zero-order chi connectivity index (χ0) is 13.7. The van der Waals surface area contributed by atoms with E-state index < -0.39 is 0 Å². The van der Waals surface area contributed by atoms with E-state index in [0.29, 0.717) is 12.5 Å². The Morgan fingerprint density at radius 3 is 3.05 bits per heavy atom. The summed E-state index contributed by atoms with van der Waals surface area (Å²) in [5.41, 5.74) is 1.01. The molecular formula is C15H20BrNO2. The van der Waals surface area contributed by atoms with Crippen LogP contribution in [0.4, 0.5) is 0 Å². The first kappa shape index (κ1) is 14.4. The smallest absolute Gasteiger partial charge is 0.231 e. The van der Waals surface area contributed by atoms with Gasteiger partial charge in [0.25, 0.3) is 0 Å². The molecule has 2 atom stereocenters. The zero-order valence-corrected chi connectivity index (χ0v) is 12.8. The van der Waals surface area contributed by atoms with E-state index in [9.17, 15) is 4.79 Å². The highest BCUT2D eigenvalue weighted by atomic mass is 79.9. The van der Waals surface area contributed by atoms with Crippen LogP contribution in [0.15, 0.2) is 24.3 Å². The van der Waals surface area contributed by atoms with E-state index >= 15 is 0 Å². The standard InChI is InChI=1S/C15H20BrNO2/c1-2-11(7-8-16)9-17-15(18)13-10-19-14-6-4-3-5-12(13)14/h3-6,11,13H,2,7-10H2,1H3,(H,17,18). The number of para-hydroxylation sites is 1. The van der Waals surface area contributed by atoms with Crippen molar-refractivity contribution in [1.82, 2.24) is 5.32 Å². The highest BCUT2D eigenvalue weighted by molar-refractivity contribution is 9.09. The molecule has 0 aliphatic carbocycles. The fourth-order valence-corrected chi connectivity index (χ4v) is 3.00. The van der Waals surface area contributed by atoms with Gasteiger partial charge in [-0.3, -0.25) is 4.79 Å². The molecule has 104 valence electrons. The lowest BCUT2D eigenvalue weighted by molar-refractivity contribution is -0.122. The summed E-state index contributed by atoms with van der Waals surface area (Å²) in [5, 5.41) is 4.04. The van der Waals surface area contributed by atoms with Crippen LogP contribution in [0.3, 0.4) is 0 Å². The topological polar surface area (TPSA) is 38.3 Å². The Kier molecular flexibility index (Phi) is 5.25. The van der Waals surface area contributed by atoms with Crippen molar-refractivity contribution >= 4 is 21.8 Å². The highest BCUT2D eigenvalue weighted by Crippen LogP contribution is 2.33. The maximum Gasteiger partial charge on any atom is 0.231 e. The Labute approximate surface area is 122 Å². The van der Waals surface area contributed by atoms with Gasteiger partial charge in [0.2, 0.25) is 5.91 Å². The highest BCUT2D eigenvalue weighted by Gasteiger charge is 2.29. The number of carbonyl (C=O) groups excluding carboxylic acids is 1. The number of alkyl halides is 1. The van der Waals surface area contributed by atoms with Crippen LogP contribution in [0, 0.1) is 5.92 Å². The molecule has 2 rings (SSSR count). The largest absolute Gasteiger partial charge is 0.492 e. The van der Waals surface area contributed by atoms with Crippen molar-refractivity contribution in [1.29, 1.82) is 0 Å². The normalized spacial score (nSPS) is 18.5. The second-order valence-corrected chi connectivity index (χ2v) is 5.69. The third-order valence-corrected chi connectivity index (χ3v) is 4.13. The van der Waals surface area contributed by atoms with Gasteiger partial charge in [-0.25, -0.2) is 0 Å². The number of hydrogen-bond donors (Lipinski definition) is 1. The van der Waals surface area contributed by atoms with Gasteiger partial charge in [-0.05, 0) is 18.4 Å². The van der Waals surface area contributed by atoms with Gasteiger partial charge in [-0.1, -0.05) is 47.5 Å². The molecule has 0 spiro atoms. The number of amides is 1. The quantitative estimate of drug-likeness (QED) is 0.816. The van der Waals surface area contributed by atoms with Gasteiger partial charge in [0.1, 0.15) is 18.3 Å². The van der Waals surface area contributed by atoms with Crippen LogP contribution in [-0.4, -0.2) is 24.4 Å². The molecule has 1 heterocycles. The average Bonchev–Trinajstić information content (AvgIpc) is 2.87. The van der Waals surface area contributed by atoms with Gasteiger partial charge in [0.05, 0.1) is 0 Å². The lowest BCUT2D eigenvalue weighted by atomic mass is 9.99. The summed E-state index contributed by atoms with van der Waals surface area (Å²) in [6.45, 7) is 3.37. The number of rotatable bonds is 6. The second-order valence-electron chi connectivity index (χ2n) is 4.90. The molecule has 1 amide bonds. The SMILES string of the molecule is CCC(CCBr)CNC(=O)C1COc2ccccc21. The van der Waals surface area contributed by atoms with Gasteiger partial charge in [-0.2, -0.15) is 0 Å². The number of ether oxygens (including phenoxy) is 1. The number of benzene rings is 1. The molecule has 0 saturated carbocycles. The summed E-state index contributed by atoms with van der Waals surface area (Å²) in [6, 6.07) is 7.78. The van der Waals surface area contributed by atoms with Crippen LogP contribution in [0.5, 0.6) is 5.75 Å². The molecule has 3 nitrogen and oxygen atoms in total. The predicted octanol–water partition coefficient (Wildman–Crippen LogP) is 3.09. The zero-order valence-electron chi connectivity index (χ0n) is 11.2. The van der Waals surface area contributed by atoms with Crippen LogP contribution < -0.4 is 10.1 Å². The summed E-state index contributed by atoms with van der Waals surface area (Å²) in [4.78, 5) is 12.2. The summed E-state index contributed by atoms with van der Waals surface area (Å²) in [6.07, 6.45) is 2.18. The van der Waals surface area contributed by atoms with E-state index in [1.54, 1.807) is 0 Å². The van der Waals surface area contributed by atoms with Gasteiger partial charge < -0.3 is 10.1 Å². The predicted molar refractivity (Wildman–Crippen MR) is 79.9 cm³/mol. The number of nitrogens with one attached hydrogen (secondary N) is 1. The molecule has 1 aliphatic heterocycles. The number of hydrogen-bond acceptors (Lipinski definition) is 2. The summed E-state index contributed by atoms with van der Waals surface area (Å²) in [7, 11) is 0. The first-order chi connectivity index (χ1) is 9.26. The van der Waals surface area contributed by atoms with Gasteiger partial charge in [0, 0.05) is 17.4 Å². The minimum Gasteiger partial charge on any atom is -0.492 e. The summed E-state index contributed by atoms with van der Waals surface area (Å²) < 4.78 is 5.54. The van der Waals surface area contributed by atoms with Gasteiger partial charge in [0.15, 0.2) is 0 Å². The van der Waals surface area contributed by atoms with E-state index in [-0.39, 0.29) is 11.8 Å². The maximum absolute atomic E-state index is 12.2. The fourth-order valence-electron chi connectivity index (χ4n) is 2.35. The minimum atomic E-state index is -0.155. The molecule has 1 aromatic carbocycles. The monoisotopic (exact) mass is 325 g/mol. The number of halogens is 1. The molecule has 0 aromatic heterocycles. The molecule has 1 aliphatic rings. The average molecular weight is 326 g/mol. The first-order valence-electron chi connectivity index (χ1n) is 6.81. The number of fused-ring (bicyclic) bond motifs is 1. The Balaban J connectivity index is 1.91. The molecule has 1 N–H and O–H groups in total. The Morgan fingerprint density at radius 2 is 2.32 bits per heavy atom. The molecule has 0 radical (unpaired) electrons. The first-order valence-corrected chi connectivity index (χ1v) is 7.93. The van der Waals surface area contributed by atoms with Crippen LogP contribution in [0.1, 0.15) is 31.2 Å². The van der Waals surface area contributed by atoms with Crippen LogP contribution in [-0.2, 0) is 4.79 Å². The Bertz CT molecular complexity index is 436. The molecule has 0 fully saturated rings.